The number of carbonyl (C=O) groups excluding carboxylic acids is 1. The molecule has 4 aromatic heterocycles. The van der Waals surface area contributed by atoms with Gasteiger partial charge in [0.2, 0.25) is 5.88 Å². The summed E-state index contributed by atoms with van der Waals surface area (Å²) < 4.78 is 6.97. The molecule has 0 spiro atoms. The minimum Gasteiger partial charge on any atom is -0.481 e. The van der Waals surface area contributed by atoms with Crippen LogP contribution in [0.2, 0.25) is 0 Å². The molecule has 23 heavy (non-hydrogen) atoms. The monoisotopic (exact) mass is 325 g/mol. The van der Waals surface area contributed by atoms with Crippen molar-refractivity contribution in [2.75, 3.05) is 12.4 Å². The largest absolute Gasteiger partial charge is 0.481 e. The second-order valence-corrected chi connectivity index (χ2v) is 5.71. The molecule has 0 aromatic carbocycles. The molecule has 0 aliphatic carbocycles. The minimum absolute atomic E-state index is 0.275. The molecule has 1 N–H and O–H groups in total. The lowest BCUT2D eigenvalue weighted by molar-refractivity contribution is 0.102. The van der Waals surface area contributed by atoms with Crippen molar-refractivity contribution < 1.29 is 9.53 Å². The third-order valence-corrected chi connectivity index (χ3v) is 4.26. The van der Waals surface area contributed by atoms with Gasteiger partial charge in [-0.3, -0.25) is 14.2 Å². The number of aromatic nitrogens is 4. The van der Waals surface area contributed by atoms with E-state index in [2.05, 4.69) is 20.3 Å². The molecule has 114 valence electrons. The Morgan fingerprint density at radius 3 is 3.00 bits per heavy atom. The maximum atomic E-state index is 12.3. The first kappa shape index (κ1) is 13.6. The number of fused-ring (bicyclic) bond motifs is 3. The molecule has 0 atom stereocenters. The molecule has 0 aliphatic rings. The zero-order valence-electron chi connectivity index (χ0n) is 12.1. The number of nitrogens with one attached hydrogen (secondary N) is 1. The van der Waals surface area contributed by atoms with Crippen molar-refractivity contribution in [2.45, 2.75) is 0 Å². The Labute approximate surface area is 134 Å². The minimum atomic E-state index is -0.275. The summed E-state index contributed by atoms with van der Waals surface area (Å²) >= 11 is 1.40. The fourth-order valence-electron chi connectivity index (χ4n) is 2.22. The molecule has 4 rings (SSSR count). The van der Waals surface area contributed by atoms with E-state index in [9.17, 15) is 4.79 Å². The highest BCUT2D eigenvalue weighted by molar-refractivity contribution is 7.23. The van der Waals surface area contributed by atoms with Crippen LogP contribution in [0, 0.1) is 0 Å². The first-order valence-corrected chi connectivity index (χ1v) is 7.60. The molecule has 0 saturated carbocycles. The Morgan fingerprint density at radius 2 is 2.22 bits per heavy atom. The topological polar surface area (TPSA) is 81.4 Å². The number of pyridine rings is 2. The molecule has 0 bridgehead atoms. The molecule has 0 saturated heterocycles. The summed E-state index contributed by atoms with van der Waals surface area (Å²) in [7, 11) is 1.58. The van der Waals surface area contributed by atoms with E-state index in [1.165, 1.54) is 11.3 Å². The van der Waals surface area contributed by atoms with Crippen LogP contribution in [0.15, 0.2) is 42.9 Å². The standard InChI is InChI=1S/C15H11N5O2S/c1-22-12-5-4-11-14(19-12)23-15-18-10(8-20(11)15)13(21)17-9-3-2-6-16-7-9/h2-8H,1H3,(H,17,21). The zero-order valence-corrected chi connectivity index (χ0v) is 12.9. The van der Waals surface area contributed by atoms with Crippen LogP contribution in [0.4, 0.5) is 5.69 Å². The van der Waals surface area contributed by atoms with Gasteiger partial charge in [-0.05, 0) is 18.2 Å². The molecule has 0 fully saturated rings. The Balaban J connectivity index is 1.70. The molecule has 0 radical (unpaired) electrons. The van der Waals surface area contributed by atoms with E-state index in [1.807, 2.05) is 10.5 Å². The SMILES string of the molecule is COc1ccc2c(n1)sc1nc(C(=O)Nc3cccnc3)cn12. The van der Waals surface area contributed by atoms with Crippen LogP contribution in [0.1, 0.15) is 10.5 Å². The summed E-state index contributed by atoms with van der Waals surface area (Å²) in [4.78, 5) is 26.5. The van der Waals surface area contributed by atoms with Gasteiger partial charge in [0.15, 0.2) is 4.96 Å². The van der Waals surface area contributed by atoms with E-state index in [-0.39, 0.29) is 5.91 Å². The smallest absolute Gasteiger partial charge is 0.275 e. The molecular weight excluding hydrogens is 314 g/mol. The number of nitrogens with zero attached hydrogens (tertiary/aromatic N) is 4. The molecule has 7 nitrogen and oxygen atoms in total. The number of carbonyl (C=O) groups is 1. The summed E-state index contributed by atoms with van der Waals surface area (Å²) in [6.45, 7) is 0. The number of rotatable bonds is 3. The number of hydrogen-bond donors (Lipinski definition) is 1. The normalized spacial score (nSPS) is 11.0. The molecule has 4 aromatic rings. The van der Waals surface area contributed by atoms with Crippen LogP contribution in [0.3, 0.4) is 0 Å². The number of anilines is 1. The van der Waals surface area contributed by atoms with Crippen molar-refractivity contribution in [3.63, 3.8) is 0 Å². The average molecular weight is 325 g/mol. The molecule has 1 amide bonds. The third-order valence-electron chi connectivity index (χ3n) is 3.30. The number of amides is 1. The van der Waals surface area contributed by atoms with Gasteiger partial charge in [0.1, 0.15) is 10.5 Å². The van der Waals surface area contributed by atoms with Crippen molar-refractivity contribution in [1.82, 2.24) is 19.4 Å². The van der Waals surface area contributed by atoms with Crippen molar-refractivity contribution in [2.24, 2.45) is 0 Å². The van der Waals surface area contributed by atoms with Gasteiger partial charge >= 0.3 is 0 Å². The van der Waals surface area contributed by atoms with Crippen LogP contribution < -0.4 is 10.1 Å². The molecule has 0 unspecified atom stereocenters. The predicted octanol–water partition coefficient (Wildman–Crippen LogP) is 2.60. The lowest BCUT2D eigenvalue weighted by Gasteiger charge is -2.01. The summed E-state index contributed by atoms with van der Waals surface area (Å²) in [5.41, 5.74) is 1.86. The van der Waals surface area contributed by atoms with Crippen LogP contribution in [0.5, 0.6) is 5.88 Å². The zero-order chi connectivity index (χ0) is 15.8. The molecule has 4 heterocycles. The number of ether oxygens (including phenoxy) is 1. The van der Waals surface area contributed by atoms with Crippen molar-refractivity contribution in [1.29, 1.82) is 0 Å². The van der Waals surface area contributed by atoms with E-state index in [0.29, 0.717) is 22.2 Å². The molecule has 8 heteroatoms. The summed E-state index contributed by atoms with van der Waals surface area (Å²) in [6, 6.07) is 7.21. The summed E-state index contributed by atoms with van der Waals surface area (Å²) in [5.74, 6) is 0.278. The van der Waals surface area contributed by atoms with Crippen molar-refractivity contribution in [3.05, 3.63) is 48.5 Å². The van der Waals surface area contributed by atoms with Crippen LogP contribution in [-0.4, -0.2) is 32.4 Å². The van der Waals surface area contributed by atoms with Gasteiger partial charge in [-0.2, -0.15) is 0 Å². The highest BCUT2D eigenvalue weighted by Gasteiger charge is 2.15. The van der Waals surface area contributed by atoms with Gasteiger partial charge in [0.25, 0.3) is 5.91 Å². The van der Waals surface area contributed by atoms with E-state index >= 15 is 0 Å². The maximum Gasteiger partial charge on any atom is 0.275 e. The van der Waals surface area contributed by atoms with Crippen LogP contribution >= 0.6 is 11.3 Å². The molecule has 0 aliphatic heterocycles. The Kier molecular flexibility index (Phi) is 3.16. The Morgan fingerprint density at radius 1 is 1.30 bits per heavy atom. The number of imidazole rings is 1. The van der Waals surface area contributed by atoms with E-state index in [4.69, 9.17) is 4.74 Å². The summed E-state index contributed by atoms with van der Waals surface area (Å²) in [5, 5.41) is 2.77. The van der Waals surface area contributed by atoms with Crippen molar-refractivity contribution >= 4 is 38.2 Å². The second kappa shape index (κ2) is 5.33. The van der Waals surface area contributed by atoms with Gasteiger partial charge in [-0.25, -0.2) is 9.97 Å². The first-order chi connectivity index (χ1) is 11.2. The Hall–Kier alpha value is -3.00. The number of thiazole rings is 1. The highest BCUT2D eigenvalue weighted by Crippen LogP contribution is 2.26. The van der Waals surface area contributed by atoms with Gasteiger partial charge in [0, 0.05) is 18.5 Å². The van der Waals surface area contributed by atoms with Crippen LogP contribution in [0.25, 0.3) is 15.3 Å². The van der Waals surface area contributed by atoms with Gasteiger partial charge in [0.05, 0.1) is 24.5 Å². The number of hydrogen-bond acceptors (Lipinski definition) is 6. The number of methoxy groups -OCH3 is 1. The second-order valence-electron chi connectivity index (χ2n) is 4.75. The maximum absolute atomic E-state index is 12.3. The summed E-state index contributed by atoms with van der Waals surface area (Å²) in [6.07, 6.45) is 4.94. The molecular formula is C15H11N5O2S. The van der Waals surface area contributed by atoms with Gasteiger partial charge in [-0.1, -0.05) is 11.3 Å². The Bertz CT molecular complexity index is 1010. The quantitative estimate of drug-likeness (QED) is 0.626. The fourth-order valence-corrected chi connectivity index (χ4v) is 3.20. The van der Waals surface area contributed by atoms with E-state index in [1.54, 1.807) is 43.9 Å². The van der Waals surface area contributed by atoms with Crippen molar-refractivity contribution in [3.8, 4) is 5.88 Å². The van der Waals surface area contributed by atoms with Gasteiger partial charge < -0.3 is 10.1 Å². The third kappa shape index (κ3) is 2.38. The first-order valence-electron chi connectivity index (χ1n) is 6.78. The van der Waals surface area contributed by atoms with E-state index in [0.717, 1.165) is 10.3 Å². The van der Waals surface area contributed by atoms with Gasteiger partial charge in [-0.15, -0.1) is 0 Å². The lowest BCUT2D eigenvalue weighted by Crippen LogP contribution is -2.12. The van der Waals surface area contributed by atoms with Crippen LogP contribution in [-0.2, 0) is 0 Å². The van der Waals surface area contributed by atoms with E-state index < -0.39 is 0 Å². The lowest BCUT2D eigenvalue weighted by atomic mass is 10.4. The predicted molar refractivity (Wildman–Crippen MR) is 87.1 cm³/mol. The average Bonchev–Trinajstić information content (AvgIpc) is 3.12. The fraction of sp³-hybridized carbons (Fsp3) is 0.0667. The highest BCUT2D eigenvalue weighted by atomic mass is 32.1.